The first-order valence-corrected chi connectivity index (χ1v) is 7.55. The highest BCUT2D eigenvalue weighted by Crippen LogP contribution is 2.39. The summed E-state index contributed by atoms with van der Waals surface area (Å²) in [6.07, 6.45) is 3.66. The Balaban J connectivity index is 2.31. The molecule has 1 aromatic heterocycles. The molecule has 1 fully saturated rings. The molecule has 0 spiro atoms. The van der Waals surface area contributed by atoms with E-state index < -0.39 is 7.12 Å². The fourth-order valence-electron chi connectivity index (χ4n) is 2.02. The van der Waals surface area contributed by atoms with Crippen molar-refractivity contribution < 1.29 is 9.31 Å². The number of hydrogen-bond donors (Lipinski definition) is 2. The number of aromatic nitrogens is 2. The highest BCUT2D eigenvalue weighted by Gasteiger charge is 2.52. The molecule has 5 nitrogen and oxygen atoms in total. The van der Waals surface area contributed by atoms with Crippen LogP contribution in [-0.2, 0) is 9.31 Å². The van der Waals surface area contributed by atoms with Gasteiger partial charge in [-0.05, 0) is 40.1 Å². The topological polar surface area (TPSA) is 70.3 Å². The third-order valence-electron chi connectivity index (χ3n) is 4.12. The third-order valence-corrected chi connectivity index (χ3v) is 4.48. The van der Waals surface area contributed by atoms with Gasteiger partial charge in [0.25, 0.3) is 0 Å². The largest absolute Gasteiger partial charge is 0.491 e. The standard InChI is InChI=1S/C14H22BN3O2S/c1-9-10(7-17-12(16)18-9)6-11(8-21)15-19-13(2,3)14(4,5)20-15/h6-7,21H,8H2,1-5H3,(H2,16,17,18). The number of aryl methyl sites for hydroxylation is 1. The molecule has 0 atom stereocenters. The van der Waals surface area contributed by atoms with E-state index in [4.69, 9.17) is 15.0 Å². The highest BCUT2D eigenvalue weighted by molar-refractivity contribution is 7.80. The molecule has 2 N–H and O–H groups in total. The zero-order valence-electron chi connectivity index (χ0n) is 13.2. The van der Waals surface area contributed by atoms with Gasteiger partial charge >= 0.3 is 7.12 Å². The quantitative estimate of drug-likeness (QED) is 0.662. The Morgan fingerprint density at radius 1 is 1.33 bits per heavy atom. The van der Waals surface area contributed by atoms with Gasteiger partial charge in [0.15, 0.2) is 0 Å². The van der Waals surface area contributed by atoms with Gasteiger partial charge in [-0.25, -0.2) is 9.97 Å². The average Bonchev–Trinajstić information content (AvgIpc) is 2.57. The molecule has 2 heterocycles. The van der Waals surface area contributed by atoms with E-state index in [2.05, 4.69) is 22.6 Å². The molecule has 1 aromatic rings. The van der Waals surface area contributed by atoms with Crippen LogP contribution >= 0.6 is 12.6 Å². The molecule has 1 aliphatic heterocycles. The second-order valence-corrected chi connectivity index (χ2v) is 6.55. The predicted molar refractivity (Wildman–Crippen MR) is 89.1 cm³/mol. The lowest BCUT2D eigenvalue weighted by Gasteiger charge is -2.32. The predicted octanol–water partition coefficient (Wildman–Crippen LogP) is 2.31. The van der Waals surface area contributed by atoms with Crippen LogP contribution in [0.25, 0.3) is 6.08 Å². The molecule has 0 bridgehead atoms. The smallest absolute Gasteiger partial charge is 0.400 e. The average molecular weight is 307 g/mol. The van der Waals surface area contributed by atoms with Gasteiger partial charge < -0.3 is 15.0 Å². The molecule has 21 heavy (non-hydrogen) atoms. The van der Waals surface area contributed by atoms with E-state index >= 15 is 0 Å². The summed E-state index contributed by atoms with van der Waals surface area (Å²) >= 11 is 4.40. The van der Waals surface area contributed by atoms with Gasteiger partial charge in [-0.15, -0.1) is 0 Å². The number of thiol groups is 1. The first kappa shape index (κ1) is 16.3. The van der Waals surface area contributed by atoms with Crippen molar-refractivity contribution in [3.05, 3.63) is 22.9 Å². The van der Waals surface area contributed by atoms with Gasteiger partial charge in [0.2, 0.25) is 5.95 Å². The van der Waals surface area contributed by atoms with Crippen molar-refractivity contribution in [3.63, 3.8) is 0 Å². The van der Waals surface area contributed by atoms with Crippen LogP contribution in [0, 0.1) is 6.92 Å². The lowest BCUT2D eigenvalue weighted by Crippen LogP contribution is -2.41. The fraction of sp³-hybridized carbons (Fsp3) is 0.571. The molecule has 0 radical (unpaired) electrons. The maximum atomic E-state index is 6.05. The van der Waals surface area contributed by atoms with E-state index in [1.165, 1.54) is 0 Å². The van der Waals surface area contributed by atoms with Crippen molar-refractivity contribution in [1.82, 2.24) is 9.97 Å². The lowest BCUT2D eigenvalue weighted by atomic mass is 9.78. The molecule has 0 saturated carbocycles. The highest BCUT2D eigenvalue weighted by atomic mass is 32.1. The normalized spacial score (nSPS) is 20.9. The van der Waals surface area contributed by atoms with Crippen molar-refractivity contribution in [1.29, 1.82) is 0 Å². The monoisotopic (exact) mass is 307 g/mol. The molecular formula is C14H22BN3O2S. The van der Waals surface area contributed by atoms with E-state index in [1.54, 1.807) is 6.20 Å². The number of rotatable bonds is 3. The Morgan fingerprint density at radius 2 is 1.90 bits per heavy atom. The lowest BCUT2D eigenvalue weighted by molar-refractivity contribution is 0.00578. The van der Waals surface area contributed by atoms with Crippen molar-refractivity contribution in [2.75, 3.05) is 11.5 Å². The number of nitrogen functional groups attached to an aromatic ring is 1. The summed E-state index contributed by atoms with van der Waals surface area (Å²) < 4.78 is 12.1. The molecule has 114 valence electrons. The maximum Gasteiger partial charge on any atom is 0.491 e. The van der Waals surface area contributed by atoms with E-state index in [9.17, 15) is 0 Å². The van der Waals surface area contributed by atoms with Crippen molar-refractivity contribution in [3.8, 4) is 0 Å². The van der Waals surface area contributed by atoms with Gasteiger partial charge in [0.1, 0.15) is 0 Å². The third kappa shape index (κ3) is 3.25. The Kier molecular flexibility index (Phi) is 4.37. The second-order valence-electron chi connectivity index (χ2n) is 6.23. The van der Waals surface area contributed by atoms with Crippen LogP contribution in [0.1, 0.15) is 39.0 Å². The summed E-state index contributed by atoms with van der Waals surface area (Å²) in [7, 11) is -0.413. The minimum Gasteiger partial charge on any atom is -0.400 e. The Labute approximate surface area is 131 Å². The second kappa shape index (κ2) is 5.63. The molecular weight excluding hydrogens is 285 g/mol. The van der Waals surface area contributed by atoms with Crippen LogP contribution < -0.4 is 5.73 Å². The molecule has 0 aromatic carbocycles. The summed E-state index contributed by atoms with van der Waals surface area (Å²) in [6, 6.07) is 0. The Hall–Kier alpha value is -1.05. The van der Waals surface area contributed by atoms with Gasteiger partial charge in [-0.3, -0.25) is 0 Å². The Bertz CT molecular complexity index is 559. The van der Waals surface area contributed by atoms with E-state index in [1.807, 2.05) is 40.7 Å². The summed E-state index contributed by atoms with van der Waals surface area (Å²) in [5.41, 5.74) is 7.49. The van der Waals surface area contributed by atoms with E-state index in [-0.39, 0.29) is 17.2 Å². The van der Waals surface area contributed by atoms with Crippen LogP contribution in [0.3, 0.4) is 0 Å². The number of anilines is 1. The fourth-order valence-corrected chi connectivity index (χ4v) is 2.26. The van der Waals surface area contributed by atoms with Gasteiger partial charge in [0.05, 0.1) is 16.9 Å². The molecule has 0 amide bonds. The Morgan fingerprint density at radius 3 is 2.38 bits per heavy atom. The van der Waals surface area contributed by atoms with Crippen molar-refractivity contribution in [2.24, 2.45) is 0 Å². The molecule has 1 saturated heterocycles. The zero-order chi connectivity index (χ0) is 15.8. The van der Waals surface area contributed by atoms with Crippen molar-refractivity contribution in [2.45, 2.75) is 45.8 Å². The van der Waals surface area contributed by atoms with Crippen LogP contribution in [0.15, 0.2) is 11.7 Å². The van der Waals surface area contributed by atoms with Crippen LogP contribution in [0.2, 0.25) is 0 Å². The summed E-state index contributed by atoms with van der Waals surface area (Å²) in [4.78, 5) is 8.19. The molecule has 0 aliphatic carbocycles. The molecule has 1 aliphatic rings. The summed E-state index contributed by atoms with van der Waals surface area (Å²) in [6.45, 7) is 10.0. The summed E-state index contributed by atoms with van der Waals surface area (Å²) in [5.74, 6) is 0.799. The first-order chi connectivity index (χ1) is 9.66. The minimum atomic E-state index is -0.413. The minimum absolute atomic E-state index is 0.271. The van der Waals surface area contributed by atoms with Crippen LogP contribution in [-0.4, -0.2) is 34.0 Å². The van der Waals surface area contributed by atoms with Crippen molar-refractivity contribution >= 4 is 31.8 Å². The van der Waals surface area contributed by atoms with Gasteiger partial charge in [-0.1, -0.05) is 6.08 Å². The number of hydrogen-bond acceptors (Lipinski definition) is 6. The van der Waals surface area contributed by atoms with E-state index in [0.717, 1.165) is 16.7 Å². The SMILES string of the molecule is Cc1nc(N)ncc1C=C(CS)B1OC(C)(C)C(C)(C)O1. The van der Waals surface area contributed by atoms with Crippen LogP contribution in [0.5, 0.6) is 0 Å². The number of nitrogens with two attached hydrogens (primary N) is 1. The molecule has 2 rings (SSSR count). The van der Waals surface area contributed by atoms with Crippen LogP contribution in [0.4, 0.5) is 5.95 Å². The molecule has 0 unspecified atom stereocenters. The zero-order valence-corrected chi connectivity index (χ0v) is 14.1. The van der Waals surface area contributed by atoms with Gasteiger partial charge in [-0.2, -0.15) is 12.6 Å². The first-order valence-electron chi connectivity index (χ1n) is 6.92. The van der Waals surface area contributed by atoms with E-state index in [0.29, 0.717) is 5.75 Å². The summed E-state index contributed by atoms with van der Waals surface area (Å²) in [5, 5.41) is 0. The number of nitrogens with zero attached hydrogens (tertiary/aromatic N) is 2. The maximum absolute atomic E-state index is 6.05. The van der Waals surface area contributed by atoms with Gasteiger partial charge in [0, 0.05) is 17.5 Å². The molecule has 7 heteroatoms.